The number of hydrogen-bond donors (Lipinski definition) is 1. The summed E-state index contributed by atoms with van der Waals surface area (Å²) in [6.07, 6.45) is 2.35. The average molecular weight is 265 g/mol. The zero-order chi connectivity index (χ0) is 13.4. The van der Waals surface area contributed by atoms with Crippen LogP contribution in [0.25, 0.3) is 11.2 Å². The van der Waals surface area contributed by atoms with E-state index in [-0.39, 0.29) is 18.4 Å². The maximum atomic E-state index is 5.77. The number of nitrogens with two attached hydrogens (primary N) is 1. The number of aromatic nitrogens is 4. The van der Waals surface area contributed by atoms with Gasteiger partial charge in [0.25, 0.3) is 0 Å². The van der Waals surface area contributed by atoms with Crippen molar-refractivity contribution in [1.29, 1.82) is 0 Å². The van der Waals surface area contributed by atoms with Gasteiger partial charge in [0.15, 0.2) is 17.7 Å². The quantitative estimate of drug-likeness (QED) is 0.832. The smallest absolute Gasteiger partial charge is 0.167 e. The van der Waals surface area contributed by atoms with E-state index in [1.165, 1.54) is 6.33 Å². The van der Waals surface area contributed by atoms with Crippen molar-refractivity contribution in [3.8, 4) is 0 Å². The van der Waals surface area contributed by atoms with Crippen LogP contribution in [-0.4, -0.2) is 52.6 Å². The SMILES string of the molecule is CO[C@H]1[C@H](n2cnc3c(N)ncnc32)OC[C@H]1OC. The lowest BCUT2D eigenvalue weighted by molar-refractivity contribution is -0.0490. The molecule has 2 N–H and O–H groups in total. The largest absolute Gasteiger partial charge is 0.382 e. The molecule has 3 rings (SSSR count). The molecule has 8 heteroatoms. The first-order chi connectivity index (χ1) is 9.26. The van der Waals surface area contributed by atoms with Gasteiger partial charge in [-0.25, -0.2) is 15.0 Å². The summed E-state index contributed by atoms with van der Waals surface area (Å²) in [6.45, 7) is 0.458. The fourth-order valence-electron chi connectivity index (χ4n) is 2.33. The summed E-state index contributed by atoms with van der Waals surface area (Å²) in [7, 11) is 3.26. The Morgan fingerprint density at radius 1 is 1.32 bits per heavy atom. The van der Waals surface area contributed by atoms with Gasteiger partial charge in [0, 0.05) is 14.2 Å². The number of nitrogens with zero attached hydrogens (tertiary/aromatic N) is 4. The van der Waals surface area contributed by atoms with Gasteiger partial charge in [-0.1, -0.05) is 0 Å². The lowest BCUT2D eigenvalue weighted by atomic mass is 10.2. The van der Waals surface area contributed by atoms with Crippen LogP contribution in [0.2, 0.25) is 0 Å². The van der Waals surface area contributed by atoms with Crippen molar-refractivity contribution in [1.82, 2.24) is 19.5 Å². The zero-order valence-electron chi connectivity index (χ0n) is 10.7. The Balaban J connectivity index is 2.03. The standard InChI is InChI=1S/C11H15N5O3/c1-17-6-3-19-11(8(6)18-2)16-5-15-7-9(12)13-4-14-10(7)16/h4-6,8,11H,3H2,1-2H3,(H2,12,13,14)/t6-,8-,11-/m1/s1. The molecule has 102 valence electrons. The summed E-state index contributed by atoms with van der Waals surface area (Å²) in [5.41, 5.74) is 6.94. The number of fused-ring (bicyclic) bond motifs is 1. The lowest BCUT2D eigenvalue weighted by Crippen LogP contribution is -2.31. The molecule has 0 radical (unpaired) electrons. The first-order valence-corrected chi connectivity index (χ1v) is 5.86. The molecular formula is C11H15N5O3. The normalized spacial score (nSPS) is 27.2. The fourth-order valence-corrected chi connectivity index (χ4v) is 2.33. The molecule has 2 aromatic heterocycles. The van der Waals surface area contributed by atoms with E-state index in [9.17, 15) is 0 Å². The first kappa shape index (κ1) is 12.3. The number of anilines is 1. The van der Waals surface area contributed by atoms with Crippen molar-refractivity contribution in [2.45, 2.75) is 18.4 Å². The Hall–Kier alpha value is -1.77. The maximum Gasteiger partial charge on any atom is 0.167 e. The zero-order valence-corrected chi connectivity index (χ0v) is 10.7. The number of rotatable bonds is 3. The molecule has 0 amide bonds. The number of methoxy groups -OCH3 is 2. The van der Waals surface area contributed by atoms with Crippen LogP contribution in [0, 0.1) is 0 Å². The van der Waals surface area contributed by atoms with Gasteiger partial charge in [0.1, 0.15) is 24.1 Å². The predicted molar refractivity (Wildman–Crippen MR) is 66.3 cm³/mol. The van der Waals surface area contributed by atoms with E-state index in [0.29, 0.717) is 23.6 Å². The number of hydrogen-bond acceptors (Lipinski definition) is 7. The molecule has 19 heavy (non-hydrogen) atoms. The van der Waals surface area contributed by atoms with Crippen LogP contribution >= 0.6 is 0 Å². The molecule has 1 aliphatic heterocycles. The molecule has 0 aliphatic carbocycles. The predicted octanol–water partition coefficient (Wildman–Crippen LogP) is -0.0327. The van der Waals surface area contributed by atoms with E-state index in [2.05, 4.69) is 15.0 Å². The Bertz CT molecular complexity index is 587. The van der Waals surface area contributed by atoms with Crippen LogP contribution < -0.4 is 5.73 Å². The monoisotopic (exact) mass is 265 g/mol. The highest BCUT2D eigenvalue weighted by Gasteiger charge is 2.39. The number of ether oxygens (including phenoxy) is 3. The molecule has 1 saturated heterocycles. The Labute approximate surface area is 109 Å². The number of nitrogen functional groups attached to an aromatic ring is 1. The molecule has 2 aromatic rings. The van der Waals surface area contributed by atoms with E-state index in [4.69, 9.17) is 19.9 Å². The summed E-state index contributed by atoms with van der Waals surface area (Å²) in [4.78, 5) is 12.3. The molecule has 1 fully saturated rings. The van der Waals surface area contributed by atoms with E-state index in [0.717, 1.165) is 0 Å². The minimum Gasteiger partial charge on any atom is -0.382 e. The van der Waals surface area contributed by atoms with Crippen LogP contribution in [0.5, 0.6) is 0 Å². The average Bonchev–Trinajstić information content (AvgIpc) is 3.01. The highest BCUT2D eigenvalue weighted by atomic mass is 16.6. The van der Waals surface area contributed by atoms with Gasteiger partial charge in [-0.2, -0.15) is 0 Å². The third-order valence-corrected chi connectivity index (χ3v) is 3.31. The Kier molecular flexibility index (Phi) is 3.05. The van der Waals surface area contributed by atoms with Gasteiger partial charge in [0.05, 0.1) is 12.9 Å². The molecule has 3 atom stereocenters. The molecule has 0 spiro atoms. The third kappa shape index (κ3) is 1.84. The second-order valence-electron chi connectivity index (χ2n) is 4.28. The molecule has 1 aliphatic rings. The van der Waals surface area contributed by atoms with Gasteiger partial charge in [-0.3, -0.25) is 4.57 Å². The summed E-state index contributed by atoms with van der Waals surface area (Å²) in [6, 6.07) is 0. The molecular weight excluding hydrogens is 250 g/mol. The summed E-state index contributed by atoms with van der Waals surface area (Å²) in [5.74, 6) is 0.346. The lowest BCUT2D eigenvalue weighted by Gasteiger charge is -2.21. The first-order valence-electron chi connectivity index (χ1n) is 5.86. The second kappa shape index (κ2) is 4.72. The van der Waals surface area contributed by atoms with Crippen LogP contribution in [0.1, 0.15) is 6.23 Å². The molecule has 0 saturated carbocycles. The number of imidazole rings is 1. The van der Waals surface area contributed by atoms with Crippen molar-refractivity contribution in [2.75, 3.05) is 26.6 Å². The van der Waals surface area contributed by atoms with Crippen molar-refractivity contribution in [3.05, 3.63) is 12.7 Å². The van der Waals surface area contributed by atoms with Crippen molar-refractivity contribution < 1.29 is 14.2 Å². The van der Waals surface area contributed by atoms with Crippen LogP contribution in [0.4, 0.5) is 5.82 Å². The minimum absolute atomic E-state index is 0.119. The van der Waals surface area contributed by atoms with Crippen LogP contribution in [0.3, 0.4) is 0 Å². The molecule has 0 unspecified atom stereocenters. The summed E-state index contributed by atoms with van der Waals surface area (Å²) in [5, 5.41) is 0. The Morgan fingerprint density at radius 2 is 2.16 bits per heavy atom. The minimum atomic E-state index is -0.339. The van der Waals surface area contributed by atoms with Crippen LogP contribution in [-0.2, 0) is 14.2 Å². The fraction of sp³-hybridized carbons (Fsp3) is 0.545. The van der Waals surface area contributed by atoms with Crippen molar-refractivity contribution in [3.63, 3.8) is 0 Å². The van der Waals surface area contributed by atoms with Gasteiger partial charge in [-0.05, 0) is 0 Å². The highest BCUT2D eigenvalue weighted by Crippen LogP contribution is 2.30. The van der Waals surface area contributed by atoms with Crippen LogP contribution in [0.15, 0.2) is 12.7 Å². The van der Waals surface area contributed by atoms with E-state index in [1.807, 2.05) is 0 Å². The molecule has 3 heterocycles. The highest BCUT2D eigenvalue weighted by molar-refractivity contribution is 5.81. The summed E-state index contributed by atoms with van der Waals surface area (Å²) < 4.78 is 18.3. The van der Waals surface area contributed by atoms with Gasteiger partial charge < -0.3 is 19.9 Å². The van der Waals surface area contributed by atoms with Gasteiger partial charge in [-0.15, -0.1) is 0 Å². The van der Waals surface area contributed by atoms with Gasteiger partial charge in [0.2, 0.25) is 0 Å². The third-order valence-electron chi connectivity index (χ3n) is 3.31. The van der Waals surface area contributed by atoms with Crippen molar-refractivity contribution in [2.24, 2.45) is 0 Å². The summed E-state index contributed by atoms with van der Waals surface area (Å²) >= 11 is 0. The molecule has 0 aromatic carbocycles. The van der Waals surface area contributed by atoms with E-state index >= 15 is 0 Å². The molecule has 0 bridgehead atoms. The topological polar surface area (TPSA) is 97.3 Å². The molecule has 8 nitrogen and oxygen atoms in total. The van der Waals surface area contributed by atoms with Crippen molar-refractivity contribution >= 4 is 17.0 Å². The van der Waals surface area contributed by atoms with E-state index in [1.54, 1.807) is 25.1 Å². The maximum absolute atomic E-state index is 5.77. The van der Waals surface area contributed by atoms with Gasteiger partial charge >= 0.3 is 0 Å². The van der Waals surface area contributed by atoms with E-state index < -0.39 is 0 Å². The second-order valence-corrected chi connectivity index (χ2v) is 4.28. The Morgan fingerprint density at radius 3 is 2.89 bits per heavy atom.